The Morgan fingerprint density at radius 1 is 1.20 bits per heavy atom. The summed E-state index contributed by atoms with van der Waals surface area (Å²) in [5, 5.41) is 0. The molecule has 0 saturated heterocycles. The summed E-state index contributed by atoms with van der Waals surface area (Å²) < 4.78 is 5.26. The average Bonchev–Trinajstić information content (AvgIpc) is 2.01. The highest BCUT2D eigenvalue weighted by Crippen LogP contribution is 2.30. The first-order chi connectivity index (χ1) is 4.74. The first kappa shape index (κ1) is 10.3. The van der Waals surface area contributed by atoms with Crippen LogP contribution in [0.2, 0.25) is 0 Å². The molecule has 0 amide bonds. The van der Waals surface area contributed by atoms with Crippen molar-refractivity contribution in [3.63, 3.8) is 0 Å². The smallest absolute Gasteiger partial charge is 0.152 e. The Balaban J connectivity index is 3.87. The Kier molecular flexibility index (Phi) is 5.24. The van der Waals surface area contributed by atoms with Gasteiger partial charge in [0.25, 0.3) is 0 Å². The molecule has 0 radical (unpaired) electrons. The van der Waals surface area contributed by atoms with Gasteiger partial charge in [0.15, 0.2) is 9.03 Å². The van der Waals surface area contributed by atoms with Gasteiger partial charge in [-0.2, -0.15) is 0 Å². The quantitative estimate of drug-likeness (QED) is 0.632. The largest absolute Gasteiger partial charge is 0.352 e. The van der Waals surface area contributed by atoms with Gasteiger partial charge in [-0.25, -0.2) is 0 Å². The van der Waals surface area contributed by atoms with Gasteiger partial charge in [0.2, 0.25) is 0 Å². The van der Waals surface area contributed by atoms with Crippen LogP contribution in [0.15, 0.2) is 0 Å². The SMILES string of the molecule is CCC(CC)(CC)OPO. The molecule has 0 saturated carbocycles. The maximum atomic E-state index is 8.60. The van der Waals surface area contributed by atoms with Gasteiger partial charge in [0, 0.05) is 0 Å². The molecule has 62 valence electrons. The van der Waals surface area contributed by atoms with Gasteiger partial charge in [-0.1, -0.05) is 20.8 Å². The van der Waals surface area contributed by atoms with Gasteiger partial charge in [0.05, 0.1) is 5.60 Å². The summed E-state index contributed by atoms with van der Waals surface area (Å²) in [5.41, 5.74) is -0.0623. The van der Waals surface area contributed by atoms with Crippen molar-refractivity contribution in [1.82, 2.24) is 0 Å². The van der Waals surface area contributed by atoms with Gasteiger partial charge >= 0.3 is 0 Å². The van der Waals surface area contributed by atoms with Crippen molar-refractivity contribution in [2.24, 2.45) is 0 Å². The van der Waals surface area contributed by atoms with E-state index in [9.17, 15) is 0 Å². The summed E-state index contributed by atoms with van der Waals surface area (Å²) in [6.07, 6.45) is 2.94. The fourth-order valence-corrected chi connectivity index (χ4v) is 1.69. The monoisotopic (exact) mass is 164 g/mol. The van der Waals surface area contributed by atoms with Gasteiger partial charge < -0.3 is 9.42 Å². The van der Waals surface area contributed by atoms with Crippen LogP contribution in [0.4, 0.5) is 0 Å². The molecule has 0 fully saturated rings. The van der Waals surface area contributed by atoms with Crippen molar-refractivity contribution in [3.8, 4) is 0 Å². The van der Waals surface area contributed by atoms with Gasteiger partial charge in [-0.3, -0.25) is 0 Å². The highest BCUT2D eigenvalue weighted by molar-refractivity contribution is 7.25. The highest BCUT2D eigenvalue weighted by Gasteiger charge is 2.23. The Morgan fingerprint density at radius 2 is 1.60 bits per heavy atom. The highest BCUT2D eigenvalue weighted by atomic mass is 31.1. The predicted molar refractivity (Wildman–Crippen MR) is 45.2 cm³/mol. The predicted octanol–water partition coefficient (Wildman–Crippen LogP) is 2.47. The first-order valence-electron chi connectivity index (χ1n) is 3.81. The molecule has 0 aliphatic heterocycles. The zero-order chi connectivity index (χ0) is 8.04. The molecule has 1 unspecified atom stereocenters. The topological polar surface area (TPSA) is 29.5 Å². The number of hydrogen-bond acceptors (Lipinski definition) is 2. The van der Waals surface area contributed by atoms with E-state index < -0.39 is 0 Å². The molecule has 0 aromatic rings. The average molecular weight is 164 g/mol. The van der Waals surface area contributed by atoms with Crippen molar-refractivity contribution in [2.45, 2.75) is 45.6 Å². The Labute approximate surface area is 64.9 Å². The summed E-state index contributed by atoms with van der Waals surface area (Å²) in [7, 11) is -0.370. The lowest BCUT2D eigenvalue weighted by Crippen LogP contribution is -2.26. The molecular formula is C7H17O2P. The molecule has 10 heavy (non-hydrogen) atoms. The van der Waals surface area contributed by atoms with E-state index in [0.717, 1.165) is 19.3 Å². The van der Waals surface area contributed by atoms with E-state index in [0.29, 0.717) is 0 Å². The third-order valence-corrected chi connectivity index (χ3v) is 2.72. The van der Waals surface area contributed by atoms with Crippen LogP contribution in [0.3, 0.4) is 0 Å². The van der Waals surface area contributed by atoms with Crippen molar-refractivity contribution < 1.29 is 9.42 Å². The lowest BCUT2D eigenvalue weighted by molar-refractivity contribution is 0.0649. The van der Waals surface area contributed by atoms with Crippen molar-refractivity contribution >= 4 is 9.03 Å². The van der Waals surface area contributed by atoms with E-state index >= 15 is 0 Å². The summed E-state index contributed by atoms with van der Waals surface area (Å²) in [6, 6.07) is 0. The van der Waals surface area contributed by atoms with Crippen molar-refractivity contribution in [1.29, 1.82) is 0 Å². The second-order valence-electron chi connectivity index (χ2n) is 2.44. The Hall–Kier alpha value is 0.350. The first-order valence-corrected chi connectivity index (χ1v) is 4.67. The molecule has 0 bridgehead atoms. The molecule has 0 aromatic heterocycles. The number of rotatable bonds is 5. The van der Waals surface area contributed by atoms with Crippen LogP contribution in [-0.4, -0.2) is 10.5 Å². The Bertz CT molecular complexity index is 73.4. The lowest BCUT2D eigenvalue weighted by atomic mass is 9.95. The van der Waals surface area contributed by atoms with Crippen LogP contribution in [0, 0.1) is 0 Å². The van der Waals surface area contributed by atoms with Crippen LogP contribution in [0.25, 0.3) is 0 Å². The van der Waals surface area contributed by atoms with E-state index in [1.165, 1.54) is 0 Å². The minimum atomic E-state index is -0.370. The van der Waals surface area contributed by atoms with Gasteiger partial charge in [-0.05, 0) is 19.3 Å². The normalized spacial score (nSPS) is 13.2. The third kappa shape index (κ3) is 2.53. The van der Waals surface area contributed by atoms with Crippen molar-refractivity contribution in [2.75, 3.05) is 0 Å². The summed E-state index contributed by atoms with van der Waals surface area (Å²) >= 11 is 0. The second kappa shape index (κ2) is 5.06. The molecule has 1 N–H and O–H groups in total. The number of hydrogen-bond donors (Lipinski definition) is 1. The second-order valence-corrected chi connectivity index (χ2v) is 2.82. The molecule has 0 aliphatic carbocycles. The van der Waals surface area contributed by atoms with E-state index in [-0.39, 0.29) is 14.6 Å². The maximum absolute atomic E-state index is 8.60. The van der Waals surface area contributed by atoms with Crippen LogP contribution >= 0.6 is 9.03 Å². The van der Waals surface area contributed by atoms with Gasteiger partial charge in [0.1, 0.15) is 0 Å². The molecule has 2 nitrogen and oxygen atoms in total. The molecule has 3 heteroatoms. The summed E-state index contributed by atoms with van der Waals surface area (Å²) in [5.74, 6) is 0. The van der Waals surface area contributed by atoms with Crippen molar-refractivity contribution in [3.05, 3.63) is 0 Å². The van der Waals surface area contributed by atoms with Gasteiger partial charge in [-0.15, -0.1) is 0 Å². The maximum Gasteiger partial charge on any atom is 0.152 e. The fraction of sp³-hybridized carbons (Fsp3) is 1.00. The Morgan fingerprint density at radius 3 is 1.70 bits per heavy atom. The summed E-state index contributed by atoms with van der Waals surface area (Å²) in [4.78, 5) is 8.60. The zero-order valence-electron chi connectivity index (χ0n) is 6.98. The lowest BCUT2D eigenvalue weighted by Gasteiger charge is -2.28. The van der Waals surface area contributed by atoms with E-state index in [2.05, 4.69) is 20.8 Å². The van der Waals surface area contributed by atoms with Crippen LogP contribution in [0.5, 0.6) is 0 Å². The van der Waals surface area contributed by atoms with E-state index in [1.807, 2.05) is 0 Å². The molecular weight excluding hydrogens is 147 g/mol. The molecule has 1 atom stereocenters. The molecule has 0 heterocycles. The minimum Gasteiger partial charge on any atom is -0.352 e. The van der Waals surface area contributed by atoms with Crippen LogP contribution in [-0.2, 0) is 4.52 Å². The molecule has 0 aromatic carbocycles. The summed E-state index contributed by atoms with van der Waals surface area (Å²) in [6.45, 7) is 6.27. The van der Waals surface area contributed by atoms with E-state index in [4.69, 9.17) is 9.42 Å². The van der Waals surface area contributed by atoms with E-state index in [1.54, 1.807) is 0 Å². The molecule has 0 rings (SSSR count). The standard InChI is InChI=1S/C7H17O2P/c1-4-7(5-2,6-3)9-10-8/h8,10H,4-6H2,1-3H3. The fourth-order valence-electron chi connectivity index (χ4n) is 1.06. The van der Waals surface area contributed by atoms with Crippen LogP contribution in [0.1, 0.15) is 40.0 Å². The molecule has 0 spiro atoms. The zero-order valence-corrected chi connectivity index (χ0v) is 7.98. The molecule has 0 aliphatic rings. The minimum absolute atomic E-state index is 0.0623. The van der Waals surface area contributed by atoms with Crippen LogP contribution < -0.4 is 0 Å². The third-order valence-electron chi connectivity index (χ3n) is 2.20.